The molecule has 0 aromatic carbocycles. The molecule has 2 aromatic rings. The minimum absolute atomic E-state index is 0.109. The van der Waals surface area contributed by atoms with Crippen LogP contribution in [0.5, 0.6) is 0 Å². The zero-order valence-electron chi connectivity index (χ0n) is 12.0. The number of hydrogen-bond acceptors (Lipinski definition) is 4. The molecule has 0 aliphatic carbocycles. The summed E-state index contributed by atoms with van der Waals surface area (Å²) in [7, 11) is 0. The van der Waals surface area contributed by atoms with E-state index in [1.165, 1.54) is 0 Å². The Hall–Kier alpha value is -2.57. The van der Waals surface area contributed by atoms with Gasteiger partial charge in [-0.15, -0.1) is 0 Å². The van der Waals surface area contributed by atoms with Crippen molar-refractivity contribution in [2.75, 3.05) is 18.0 Å². The van der Waals surface area contributed by atoms with Gasteiger partial charge in [-0.05, 0) is 25.0 Å². The predicted octanol–water partition coefficient (Wildman–Crippen LogP) is 1.26. The zero-order valence-corrected chi connectivity index (χ0v) is 12.0. The molecule has 0 amide bonds. The number of nitrogens with zero attached hydrogens (tertiary/aromatic N) is 3. The maximum atomic E-state index is 11.2. The Kier molecular flexibility index (Phi) is 3.70. The number of anilines is 1. The highest BCUT2D eigenvalue weighted by atomic mass is 16.4. The maximum absolute atomic E-state index is 11.2. The van der Waals surface area contributed by atoms with Crippen LogP contribution in [0.25, 0.3) is 5.65 Å². The molecule has 1 aliphatic rings. The van der Waals surface area contributed by atoms with Gasteiger partial charge in [0.15, 0.2) is 0 Å². The highest BCUT2D eigenvalue weighted by molar-refractivity contribution is 5.71. The molecule has 1 saturated heterocycles. The van der Waals surface area contributed by atoms with Crippen molar-refractivity contribution in [3.63, 3.8) is 0 Å². The Morgan fingerprint density at radius 3 is 2.82 bits per heavy atom. The molecule has 116 valence electrons. The summed E-state index contributed by atoms with van der Waals surface area (Å²) in [4.78, 5) is 28.2. The molecule has 1 atom stereocenters. The number of imidazole rings is 1. The smallest absolute Gasteiger partial charge is 0.309 e. The first-order valence-electron chi connectivity index (χ1n) is 7.20. The minimum atomic E-state index is -0.913. The summed E-state index contributed by atoms with van der Waals surface area (Å²) in [5.74, 6) is -2.00. The lowest BCUT2D eigenvalue weighted by atomic mass is 9.98. The molecule has 1 aliphatic heterocycles. The van der Waals surface area contributed by atoms with Gasteiger partial charge in [0.05, 0.1) is 23.7 Å². The molecule has 0 spiro atoms. The second-order valence-electron chi connectivity index (χ2n) is 5.58. The summed E-state index contributed by atoms with van der Waals surface area (Å²) in [5, 5.41) is 18.0. The second kappa shape index (κ2) is 5.67. The number of carboxylic acids is 2. The lowest BCUT2D eigenvalue weighted by Gasteiger charge is -2.32. The van der Waals surface area contributed by atoms with Crippen LogP contribution >= 0.6 is 0 Å². The molecule has 7 heteroatoms. The molecule has 2 N–H and O–H groups in total. The van der Waals surface area contributed by atoms with Crippen molar-refractivity contribution in [2.45, 2.75) is 19.3 Å². The van der Waals surface area contributed by atoms with E-state index in [0.29, 0.717) is 24.3 Å². The Morgan fingerprint density at radius 1 is 1.27 bits per heavy atom. The molecule has 1 unspecified atom stereocenters. The van der Waals surface area contributed by atoms with Crippen LogP contribution in [0.3, 0.4) is 0 Å². The molecular weight excluding hydrogens is 286 g/mol. The number of carboxylic acid groups (broad SMARTS) is 2. The van der Waals surface area contributed by atoms with E-state index in [9.17, 15) is 9.59 Å². The van der Waals surface area contributed by atoms with Gasteiger partial charge in [-0.3, -0.25) is 9.59 Å². The number of carbonyl (C=O) groups is 2. The molecule has 1 fully saturated rings. The monoisotopic (exact) mass is 303 g/mol. The largest absolute Gasteiger partial charge is 0.481 e. The van der Waals surface area contributed by atoms with Gasteiger partial charge >= 0.3 is 11.9 Å². The third-order valence-electron chi connectivity index (χ3n) is 3.95. The highest BCUT2D eigenvalue weighted by Crippen LogP contribution is 2.24. The van der Waals surface area contributed by atoms with Gasteiger partial charge < -0.3 is 19.5 Å². The van der Waals surface area contributed by atoms with E-state index in [1.54, 1.807) is 10.6 Å². The van der Waals surface area contributed by atoms with Gasteiger partial charge in [-0.2, -0.15) is 0 Å². The van der Waals surface area contributed by atoms with Crippen molar-refractivity contribution in [3.8, 4) is 0 Å². The third-order valence-corrected chi connectivity index (χ3v) is 3.95. The molecule has 3 heterocycles. The van der Waals surface area contributed by atoms with Crippen molar-refractivity contribution in [2.24, 2.45) is 5.92 Å². The summed E-state index contributed by atoms with van der Waals surface area (Å²) in [6.07, 6.45) is 5.02. The zero-order chi connectivity index (χ0) is 15.7. The molecule has 0 bridgehead atoms. The molecule has 0 saturated carbocycles. The first-order valence-corrected chi connectivity index (χ1v) is 7.20. The normalized spacial score (nSPS) is 18.5. The Balaban J connectivity index is 1.84. The van der Waals surface area contributed by atoms with Crippen LogP contribution in [0.4, 0.5) is 5.69 Å². The summed E-state index contributed by atoms with van der Waals surface area (Å²) >= 11 is 0. The van der Waals surface area contributed by atoms with Crippen LogP contribution in [-0.4, -0.2) is 44.6 Å². The van der Waals surface area contributed by atoms with E-state index in [0.717, 1.165) is 18.7 Å². The topological polar surface area (TPSA) is 95.1 Å². The van der Waals surface area contributed by atoms with Crippen molar-refractivity contribution in [1.82, 2.24) is 9.38 Å². The number of aliphatic carboxylic acids is 2. The fourth-order valence-electron chi connectivity index (χ4n) is 2.87. The van der Waals surface area contributed by atoms with Crippen molar-refractivity contribution in [1.29, 1.82) is 0 Å². The van der Waals surface area contributed by atoms with E-state index >= 15 is 0 Å². The quantitative estimate of drug-likeness (QED) is 0.883. The average Bonchev–Trinajstić information content (AvgIpc) is 2.87. The SMILES string of the molecule is O=C(O)Cc1cn2cc(N3CCCC(C(=O)O)C3)ccc2n1. The van der Waals surface area contributed by atoms with Crippen LogP contribution in [-0.2, 0) is 16.0 Å². The van der Waals surface area contributed by atoms with E-state index in [4.69, 9.17) is 10.2 Å². The molecule has 7 nitrogen and oxygen atoms in total. The van der Waals surface area contributed by atoms with E-state index in [-0.39, 0.29) is 12.3 Å². The van der Waals surface area contributed by atoms with Crippen molar-refractivity contribution < 1.29 is 19.8 Å². The lowest BCUT2D eigenvalue weighted by molar-refractivity contribution is -0.142. The van der Waals surface area contributed by atoms with Gasteiger partial charge in [-0.25, -0.2) is 4.98 Å². The average molecular weight is 303 g/mol. The van der Waals surface area contributed by atoms with Crippen LogP contribution in [0.1, 0.15) is 18.5 Å². The first kappa shape index (κ1) is 14.4. The molecular formula is C15H17N3O4. The number of hydrogen-bond donors (Lipinski definition) is 2. The van der Waals surface area contributed by atoms with Crippen LogP contribution in [0.2, 0.25) is 0 Å². The number of pyridine rings is 1. The fraction of sp³-hybridized carbons (Fsp3) is 0.400. The Morgan fingerprint density at radius 2 is 2.09 bits per heavy atom. The highest BCUT2D eigenvalue weighted by Gasteiger charge is 2.25. The lowest BCUT2D eigenvalue weighted by Crippen LogP contribution is -2.38. The number of fused-ring (bicyclic) bond motifs is 1. The van der Waals surface area contributed by atoms with Crippen molar-refractivity contribution in [3.05, 3.63) is 30.2 Å². The maximum Gasteiger partial charge on any atom is 0.309 e. The Bertz CT molecular complexity index is 725. The molecule has 2 aromatic heterocycles. The first-order chi connectivity index (χ1) is 10.5. The predicted molar refractivity (Wildman–Crippen MR) is 79.1 cm³/mol. The van der Waals surface area contributed by atoms with Gasteiger partial charge in [0, 0.05) is 25.5 Å². The molecule has 22 heavy (non-hydrogen) atoms. The summed E-state index contributed by atoms with van der Waals surface area (Å²) < 4.78 is 1.79. The van der Waals surface area contributed by atoms with Crippen LogP contribution in [0, 0.1) is 5.92 Å². The van der Waals surface area contributed by atoms with Gasteiger partial charge in [-0.1, -0.05) is 0 Å². The summed E-state index contributed by atoms with van der Waals surface area (Å²) in [5.41, 5.74) is 2.12. The van der Waals surface area contributed by atoms with E-state index in [2.05, 4.69) is 9.88 Å². The summed E-state index contributed by atoms with van der Waals surface area (Å²) in [6, 6.07) is 3.72. The van der Waals surface area contributed by atoms with Gasteiger partial charge in [0.25, 0.3) is 0 Å². The Labute approximate surface area is 126 Å². The minimum Gasteiger partial charge on any atom is -0.481 e. The molecule has 3 rings (SSSR count). The number of piperidine rings is 1. The van der Waals surface area contributed by atoms with Gasteiger partial charge in [0.1, 0.15) is 5.65 Å². The fourth-order valence-corrected chi connectivity index (χ4v) is 2.87. The van der Waals surface area contributed by atoms with Crippen LogP contribution in [0.15, 0.2) is 24.5 Å². The second-order valence-corrected chi connectivity index (χ2v) is 5.58. The number of aromatic nitrogens is 2. The van der Waals surface area contributed by atoms with Crippen LogP contribution < -0.4 is 4.90 Å². The third kappa shape index (κ3) is 2.88. The number of rotatable bonds is 4. The standard InChI is InChI=1S/C15H17N3O4/c19-14(20)6-11-8-18-9-12(3-4-13(18)16-11)17-5-1-2-10(7-17)15(21)22/h3-4,8-10H,1-2,5-7H2,(H,19,20)(H,21,22). The van der Waals surface area contributed by atoms with Gasteiger partial charge in [0.2, 0.25) is 0 Å². The molecule has 0 radical (unpaired) electrons. The van der Waals surface area contributed by atoms with E-state index < -0.39 is 11.9 Å². The van der Waals surface area contributed by atoms with Crippen molar-refractivity contribution >= 4 is 23.3 Å². The summed E-state index contributed by atoms with van der Waals surface area (Å²) in [6.45, 7) is 1.32. The van der Waals surface area contributed by atoms with E-state index in [1.807, 2.05) is 18.3 Å².